The van der Waals surface area contributed by atoms with E-state index in [4.69, 9.17) is 9.94 Å². The van der Waals surface area contributed by atoms with Crippen LogP contribution in [0.2, 0.25) is 0 Å². The predicted molar refractivity (Wildman–Crippen MR) is 91.4 cm³/mol. The predicted octanol–water partition coefficient (Wildman–Crippen LogP) is 3.05. The van der Waals surface area contributed by atoms with Gasteiger partial charge in [-0.15, -0.1) is 0 Å². The van der Waals surface area contributed by atoms with Crippen LogP contribution in [-0.2, 0) is 0 Å². The first kappa shape index (κ1) is 16.7. The molecule has 0 atom stereocenters. The first-order chi connectivity index (χ1) is 11.1. The SMILES string of the molecule is COc1cccc(C(/C=N/O)=N/NC(=O)c2cccc(Br)c2)c1. The van der Waals surface area contributed by atoms with E-state index in [-0.39, 0.29) is 11.6 Å². The second kappa shape index (κ2) is 8.09. The zero-order chi connectivity index (χ0) is 16.7. The number of amides is 1. The first-order valence-electron chi connectivity index (χ1n) is 6.59. The highest BCUT2D eigenvalue weighted by atomic mass is 79.9. The highest BCUT2D eigenvalue weighted by molar-refractivity contribution is 9.10. The van der Waals surface area contributed by atoms with Gasteiger partial charge >= 0.3 is 0 Å². The molecule has 0 saturated carbocycles. The summed E-state index contributed by atoms with van der Waals surface area (Å²) in [6, 6.07) is 13.9. The van der Waals surface area contributed by atoms with Crippen molar-refractivity contribution in [3.8, 4) is 5.75 Å². The number of oxime groups is 1. The van der Waals surface area contributed by atoms with Crippen molar-refractivity contribution in [3.05, 3.63) is 64.1 Å². The monoisotopic (exact) mass is 375 g/mol. The molecule has 6 nitrogen and oxygen atoms in total. The number of nitrogens with zero attached hydrogens (tertiary/aromatic N) is 2. The summed E-state index contributed by atoms with van der Waals surface area (Å²) in [6.45, 7) is 0. The molecule has 23 heavy (non-hydrogen) atoms. The van der Waals surface area contributed by atoms with E-state index in [9.17, 15) is 4.79 Å². The molecule has 0 bridgehead atoms. The summed E-state index contributed by atoms with van der Waals surface area (Å²) >= 11 is 3.30. The standard InChI is InChI=1S/C16H14BrN3O3/c1-23-14-7-3-4-11(9-14)15(10-18-22)19-20-16(21)12-5-2-6-13(17)8-12/h2-10,22H,1H3,(H,20,21)/b18-10+,19-15+. The minimum absolute atomic E-state index is 0.287. The number of ether oxygens (including phenoxy) is 1. The summed E-state index contributed by atoms with van der Waals surface area (Å²) < 4.78 is 5.93. The largest absolute Gasteiger partial charge is 0.497 e. The van der Waals surface area contributed by atoms with Crippen LogP contribution >= 0.6 is 15.9 Å². The molecule has 7 heteroatoms. The van der Waals surface area contributed by atoms with Crippen molar-refractivity contribution in [3.63, 3.8) is 0 Å². The molecule has 0 aliphatic rings. The van der Waals surface area contributed by atoms with Crippen molar-refractivity contribution in [2.45, 2.75) is 0 Å². The maximum Gasteiger partial charge on any atom is 0.271 e. The summed E-state index contributed by atoms with van der Waals surface area (Å²) in [5.74, 6) is 0.248. The molecule has 0 unspecified atom stereocenters. The number of hydrogen-bond acceptors (Lipinski definition) is 5. The van der Waals surface area contributed by atoms with Crippen LogP contribution in [0.15, 0.2) is 63.3 Å². The van der Waals surface area contributed by atoms with Gasteiger partial charge in [-0.1, -0.05) is 39.3 Å². The zero-order valence-electron chi connectivity index (χ0n) is 12.2. The Morgan fingerprint density at radius 3 is 2.65 bits per heavy atom. The summed E-state index contributed by atoms with van der Waals surface area (Å²) in [4.78, 5) is 12.1. The summed E-state index contributed by atoms with van der Waals surface area (Å²) in [5, 5.41) is 15.8. The van der Waals surface area contributed by atoms with Gasteiger partial charge in [-0.2, -0.15) is 5.10 Å². The third-order valence-electron chi connectivity index (χ3n) is 2.91. The minimum Gasteiger partial charge on any atom is -0.497 e. The highest BCUT2D eigenvalue weighted by Gasteiger charge is 2.07. The molecule has 2 aromatic rings. The molecular formula is C16H14BrN3O3. The molecule has 0 aliphatic carbocycles. The Hall–Kier alpha value is -2.67. The van der Waals surface area contributed by atoms with Crippen LogP contribution in [0.4, 0.5) is 0 Å². The lowest BCUT2D eigenvalue weighted by molar-refractivity contribution is 0.0955. The third-order valence-corrected chi connectivity index (χ3v) is 3.40. The van der Waals surface area contributed by atoms with Gasteiger partial charge in [0.2, 0.25) is 0 Å². The molecular weight excluding hydrogens is 362 g/mol. The van der Waals surface area contributed by atoms with Crippen molar-refractivity contribution >= 4 is 33.8 Å². The van der Waals surface area contributed by atoms with E-state index in [1.54, 1.807) is 49.6 Å². The topological polar surface area (TPSA) is 83.3 Å². The molecule has 2 rings (SSSR count). The number of methoxy groups -OCH3 is 1. The van der Waals surface area contributed by atoms with E-state index in [1.165, 1.54) is 0 Å². The quantitative estimate of drug-likeness (QED) is 0.478. The number of hydrazone groups is 1. The third kappa shape index (κ3) is 4.65. The van der Waals surface area contributed by atoms with Gasteiger partial charge in [0.05, 0.1) is 13.3 Å². The lowest BCUT2D eigenvalue weighted by Gasteiger charge is -2.05. The van der Waals surface area contributed by atoms with Crippen LogP contribution in [-0.4, -0.2) is 30.2 Å². The molecule has 0 heterocycles. The maximum absolute atomic E-state index is 12.1. The second-order valence-corrected chi connectivity index (χ2v) is 5.34. The van der Waals surface area contributed by atoms with E-state index in [0.717, 1.165) is 10.7 Å². The van der Waals surface area contributed by atoms with E-state index >= 15 is 0 Å². The summed E-state index contributed by atoms with van der Waals surface area (Å²) in [6.07, 6.45) is 1.13. The second-order valence-electron chi connectivity index (χ2n) is 4.42. The van der Waals surface area contributed by atoms with Gasteiger partial charge in [0.1, 0.15) is 11.5 Å². The van der Waals surface area contributed by atoms with Crippen LogP contribution in [0, 0.1) is 0 Å². The van der Waals surface area contributed by atoms with Crippen molar-refractivity contribution in [2.24, 2.45) is 10.3 Å². The molecule has 0 aromatic heterocycles. The highest BCUT2D eigenvalue weighted by Crippen LogP contribution is 2.13. The van der Waals surface area contributed by atoms with Gasteiger partial charge in [0.15, 0.2) is 0 Å². The molecule has 0 fully saturated rings. The average Bonchev–Trinajstić information content (AvgIpc) is 2.58. The van der Waals surface area contributed by atoms with Crippen molar-refractivity contribution in [1.29, 1.82) is 0 Å². The minimum atomic E-state index is -0.377. The number of carbonyl (C=O) groups excluding carboxylic acids is 1. The van der Waals surface area contributed by atoms with Crippen molar-refractivity contribution in [2.75, 3.05) is 7.11 Å². The smallest absolute Gasteiger partial charge is 0.271 e. The molecule has 118 valence electrons. The van der Waals surface area contributed by atoms with Crippen molar-refractivity contribution < 1.29 is 14.7 Å². The molecule has 0 aliphatic heterocycles. The molecule has 2 N–H and O–H groups in total. The Bertz CT molecular complexity index is 760. The number of carbonyl (C=O) groups is 1. The van der Waals surface area contributed by atoms with Crippen LogP contribution in [0.25, 0.3) is 0 Å². The zero-order valence-corrected chi connectivity index (χ0v) is 13.8. The molecule has 0 radical (unpaired) electrons. The normalized spacial score (nSPS) is 11.5. The maximum atomic E-state index is 12.1. The van der Waals surface area contributed by atoms with Crippen molar-refractivity contribution in [1.82, 2.24) is 5.43 Å². The number of halogens is 1. The fourth-order valence-electron chi connectivity index (χ4n) is 1.81. The fraction of sp³-hybridized carbons (Fsp3) is 0.0625. The van der Waals surface area contributed by atoms with Crippen LogP contribution in [0.3, 0.4) is 0 Å². The number of nitrogens with one attached hydrogen (secondary N) is 1. The van der Waals surface area contributed by atoms with Gasteiger partial charge in [0, 0.05) is 15.6 Å². The first-order valence-corrected chi connectivity index (χ1v) is 7.39. The van der Waals surface area contributed by atoms with Gasteiger partial charge < -0.3 is 9.94 Å². The Kier molecular flexibility index (Phi) is 5.87. The van der Waals surface area contributed by atoms with E-state index in [2.05, 4.69) is 31.6 Å². The lowest BCUT2D eigenvalue weighted by Crippen LogP contribution is -2.20. The number of hydrogen-bond donors (Lipinski definition) is 2. The molecule has 0 spiro atoms. The Morgan fingerprint density at radius 1 is 1.22 bits per heavy atom. The Balaban J connectivity index is 2.23. The van der Waals surface area contributed by atoms with Gasteiger partial charge in [-0.05, 0) is 30.3 Å². The van der Waals surface area contributed by atoms with Crippen LogP contribution in [0.5, 0.6) is 5.75 Å². The van der Waals surface area contributed by atoms with E-state index in [0.29, 0.717) is 16.9 Å². The summed E-state index contributed by atoms with van der Waals surface area (Å²) in [7, 11) is 1.55. The number of rotatable bonds is 5. The van der Waals surface area contributed by atoms with E-state index < -0.39 is 0 Å². The van der Waals surface area contributed by atoms with Crippen LogP contribution < -0.4 is 10.2 Å². The van der Waals surface area contributed by atoms with Crippen LogP contribution in [0.1, 0.15) is 15.9 Å². The van der Waals surface area contributed by atoms with Gasteiger partial charge in [-0.3, -0.25) is 4.79 Å². The fourth-order valence-corrected chi connectivity index (χ4v) is 2.21. The van der Waals surface area contributed by atoms with Gasteiger partial charge in [-0.25, -0.2) is 5.43 Å². The number of benzene rings is 2. The van der Waals surface area contributed by atoms with E-state index in [1.807, 2.05) is 6.07 Å². The molecule has 1 amide bonds. The molecule has 2 aromatic carbocycles. The average molecular weight is 376 g/mol. The molecule has 0 saturated heterocycles. The lowest BCUT2D eigenvalue weighted by atomic mass is 10.1. The summed E-state index contributed by atoms with van der Waals surface area (Å²) in [5.41, 5.74) is 3.81. The van der Waals surface area contributed by atoms with Gasteiger partial charge in [0.25, 0.3) is 5.91 Å². The Labute approximate surface area is 141 Å². The Morgan fingerprint density at radius 2 is 1.96 bits per heavy atom.